The van der Waals surface area contributed by atoms with Gasteiger partial charge in [0, 0.05) is 16.6 Å². The molecular formula is C33H33N3O3S. The fraction of sp³-hybridized carbons (Fsp3) is 0.303. The van der Waals surface area contributed by atoms with Crippen LogP contribution in [0, 0.1) is 26.2 Å². The van der Waals surface area contributed by atoms with Crippen molar-refractivity contribution in [1.29, 1.82) is 0 Å². The van der Waals surface area contributed by atoms with Gasteiger partial charge in [-0.15, -0.1) is 6.42 Å². The summed E-state index contributed by atoms with van der Waals surface area (Å²) in [6, 6.07) is 13.6. The molecule has 7 heteroatoms. The van der Waals surface area contributed by atoms with Crippen LogP contribution in [-0.4, -0.2) is 21.7 Å². The minimum Gasteiger partial charge on any atom is -0.463 e. The fourth-order valence-electron chi connectivity index (χ4n) is 5.51. The monoisotopic (exact) mass is 551 g/mol. The molecule has 2 aromatic heterocycles. The van der Waals surface area contributed by atoms with Crippen molar-refractivity contribution in [3.63, 3.8) is 0 Å². The molecule has 0 fully saturated rings. The lowest BCUT2D eigenvalue weighted by molar-refractivity contribution is -0.139. The minimum absolute atomic E-state index is 0.194. The van der Waals surface area contributed by atoms with Crippen molar-refractivity contribution >= 4 is 34.3 Å². The van der Waals surface area contributed by atoms with Crippen LogP contribution in [0.4, 0.5) is 0 Å². The van der Waals surface area contributed by atoms with Crippen molar-refractivity contribution < 1.29 is 9.53 Å². The first-order valence-corrected chi connectivity index (χ1v) is 14.3. The molecule has 0 N–H and O–H groups in total. The normalized spacial score (nSPS) is 15.3. The molecule has 3 heterocycles. The van der Waals surface area contributed by atoms with Gasteiger partial charge in [0.05, 0.1) is 40.5 Å². The summed E-state index contributed by atoms with van der Waals surface area (Å²) in [7, 11) is 0. The average Bonchev–Trinajstić information content (AvgIpc) is 3.37. The standard InChI is InChI=1S/C33H33N3O3S/c1-8-17-35-22(7)26(25-12-10-11-20(5)29(25)35)18-27-31(37)36-30(24-15-13-23(14-16-24)19(3)4)28(32(38)39-9-2)21(6)34-33(36)40-27/h1,10-16,18-19,30H,9,17H2,2-7H3/b27-18-/t30-/m1/s1. The van der Waals surface area contributed by atoms with Crippen LogP contribution in [0.5, 0.6) is 0 Å². The molecule has 204 valence electrons. The quantitative estimate of drug-likeness (QED) is 0.247. The predicted molar refractivity (Wildman–Crippen MR) is 161 cm³/mol. The SMILES string of the molecule is C#CCn1c(C)c(/C=c2\sc3n(c2=O)[C@H](c2ccc(C(C)C)cc2)C(C(=O)OCC)=C(C)N=3)c2cccc(C)c21. The van der Waals surface area contributed by atoms with Gasteiger partial charge in [-0.2, -0.15) is 0 Å². The summed E-state index contributed by atoms with van der Waals surface area (Å²) in [5, 5.41) is 1.04. The van der Waals surface area contributed by atoms with E-state index in [1.165, 1.54) is 16.9 Å². The lowest BCUT2D eigenvalue weighted by Gasteiger charge is -2.25. The predicted octanol–water partition coefficient (Wildman–Crippen LogP) is 5.13. The molecule has 1 aliphatic rings. The smallest absolute Gasteiger partial charge is 0.338 e. The van der Waals surface area contributed by atoms with E-state index in [2.05, 4.69) is 55.5 Å². The van der Waals surface area contributed by atoms with E-state index in [0.717, 1.165) is 33.3 Å². The Kier molecular flexibility index (Phi) is 7.39. The highest BCUT2D eigenvalue weighted by atomic mass is 32.1. The van der Waals surface area contributed by atoms with Crippen LogP contribution in [-0.2, 0) is 16.1 Å². The van der Waals surface area contributed by atoms with Gasteiger partial charge in [0.2, 0.25) is 0 Å². The second-order valence-corrected chi connectivity index (χ2v) is 11.4. The highest BCUT2D eigenvalue weighted by Crippen LogP contribution is 2.32. The van der Waals surface area contributed by atoms with E-state index in [1.807, 2.05) is 31.2 Å². The van der Waals surface area contributed by atoms with E-state index in [9.17, 15) is 9.59 Å². The molecule has 6 nitrogen and oxygen atoms in total. The number of hydrogen-bond acceptors (Lipinski definition) is 5. The zero-order valence-electron chi connectivity index (χ0n) is 23.7. The molecule has 40 heavy (non-hydrogen) atoms. The number of ether oxygens (including phenoxy) is 1. The molecule has 0 unspecified atom stereocenters. The van der Waals surface area contributed by atoms with Crippen molar-refractivity contribution in [2.75, 3.05) is 6.61 Å². The number of aryl methyl sites for hydroxylation is 1. The first kappa shape index (κ1) is 27.4. The third-order valence-corrected chi connectivity index (χ3v) is 8.54. The Balaban J connectivity index is 1.76. The van der Waals surface area contributed by atoms with Crippen molar-refractivity contribution in [2.45, 2.75) is 60.0 Å². The van der Waals surface area contributed by atoms with Crippen molar-refractivity contribution in [2.24, 2.45) is 4.99 Å². The van der Waals surface area contributed by atoms with Crippen molar-refractivity contribution in [3.05, 3.63) is 101 Å². The molecule has 0 amide bonds. The average molecular weight is 552 g/mol. The molecule has 0 saturated heterocycles. The second-order valence-electron chi connectivity index (χ2n) is 10.4. The Labute approximate surface area is 238 Å². The van der Waals surface area contributed by atoms with Gasteiger partial charge < -0.3 is 9.30 Å². The van der Waals surface area contributed by atoms with Crippen LogP contribution >= 0.6 is 11.3 Å². The number of allylic oxidation sites excluding steroid dienone is 1. The number of para-hydroxylation sites is 1. The van der Waals surface area contributed by atoms with Gasteiger partial charge in [0.15, 0.2) is 4.80 Å². The Morgan fingerprint density at radius 1 is 1.18 bits per heavy atom. The van der Waals surface area contributed by atoms with Crippen molar-refractivity contribution in [3.8, 4) is 12.3 Å². The Bertz CT molecular complexity index is 1890. The van der Waals surface area contributed by atoms with Gasteiger partial charge in [-0.05, 0) is 56.4 Å². The number of benzene rings is 2. The number of thiazole rings is 1. The van der Waals surface area contributed by atoms with Gasteiger partial charge in [0.25, 0.3) is 5.56 Å². The summed E-state index contributed by atoms with van der Waals surface area (Å²) in [4.78, 5) is 32.6. The van der Waals surface area contributed by atoms with Gasteiger partial charge in [-0.25, -0.2) is 9.79 Å². The second kappa shape index (κ2) is 10.8. The summed E-state index contributed by atoms with van der Waals surface area (Å²) >= 11 is 1.33. The topological polar surface area (TPSA) is 65.6 Å². The van der Waals surface area contributed by atoms with E-state index in [-0.39, 0.29) is 12.2 Å². The molecule has 4 aromatic rings. The van der Waals surface area contributed by atoms with Gasteiger partial charge in [-0.3, -0.25) is 9.36 Å². The number of nitrogens with zero attached hydrogens (tertiary/aromatic N) is 3. The number of fused-ring (bicyclic) bond motifs is 2. The maximum absolute atomic E-state index is 14.1. The van der Waals surface area contributed by atoms with Crippen LogP contribution in [0.3, 0.4) is 0 Å². The van der Waals surface area contributed by atoms with E-state index in [0.29, 0.717) is 33.1 Å². The number of carbonyl (C=O) groups excluding carboxylic acids is 1. The maximum Gasteiger partial charge on any atom is 0.338 e. The highest BCUT2D eigenvalue weighted by molar-refractivity contribution is 7.07. The third kappa shape index (κ3) is 4.52. The van der Waals surface area contributed by atoms with Crippen LogP contribution < -0.4 is 14.9 Å². The molecule has 2 aromatic carbocycles. The maximum atomic E-state index is 14.1. The van der Waals surface area contributed by atoms with Crippen LogP contribution in [0.25, 0.3) is 17.0 Å². The van der Waals surface area contributed by atoms with E-state index >= 15 is 0 Å². The molecule has 0 radical (unpaired) electrons. The first-order chi connectivity index (χ1) is 19.2. The minimum atomic E-state index is -0.634. The third-order valence-electron chi connectivity index (χ3n) is 7.55. The molecule has 5 rings (SSSR count). The van der Waals surface area contributed by atoms with Crippen LogP contribution in [0.2, 0.25) is 0 Å². The van der Waals surface area contributed by atoms with Crippen LogP contribution in [0.1, 0.15) is 67.6 Å². The van der Waals surface area contributed by atoms with E-state index in [1.54, 1.807) is 18.4 Å². The number of esters is 1. The molecule has 0 saturated carbocycles. The molecule has 1 aliphatic heterocycles. The highest BCUT2D eigenvalue weighted by Gasteiger charge is 2.33. The largest absolute Gasteiger partial charge is 0.463 e. The summed E-state index contributed by atoms with van der Waals surface area (Å²) in [5.41, 5.74) is 6.92. The van der Waals surface area contributed by atoms with Crippen LogP contribution in [0.15, 0.2) is 63.5 Å². The zero-order chi connectivity index (χ0) is 28.7. The lowest BCUT2D eigenvalue weighted by atomic mass is 9.93. The number of terminal acetylenes is 1. The molecule has 1 atom stereocenters. The fourth-order valence-corrected chi connectivity index (χ4v) is 6.54. The number of hydrogen-bond donors (Lipinski definition) is 0. The van der Waals surface area contributed by atoms with Gasteiger partial charge in [-0.1, -0.05) is 73.6 Å². The lowest BCUT2D eigenvalue weighted by Crippen LogP contribution is -2.40. The Morgan fingerprint density at radius 3 is 2.55 bits per heavy atom. The molecule has 0 bridgehead atoms. The molecular weight excluding hydrogens is 518 g/mol. The number of rotatable bonds is 6. The summed E-state index contributed by atoms with van der Waals surface area (Å²) in [5.74, 6) is 2.66. The van der Waals surface area contributed by atoms with E-state index < -0.39 is 12.0 Å². The Morgan fingerprint density at radius 2 is 1.90 bits per heavy atom. The Hall–Kier alpha value is -4.15. The number of carbonyl (C=O) groups is 1. The zero-order valence-corrected chi connectivity index (χ0v) is 24.6. The summed E-state index contributed by atoms with van der Waals surface area (Å²) in [6.07, 6.45) is 7.64. The number of aromatic nitrogens is 2. The van der Waals surface area contributed by atoms with Crippen molar-refractivity contribution in [1.82, 2.24) is 9.13 Å². The molecule has 0 aliphatic carbocycles. The van der Waals surface area contributed by atoms with E-state index in [4.69, 9.17) is 16.2 Å². The summed E-state index contributed by atoms with van der Waals surface area (Å²) < 4.78 is 9.74. The van der Waals surface area contributed by atoms with Gasteiger partial charge in [0.1, 0.15) is 0 Å². The first-order valence-electron chi connectivity index (χ1n) is 13.5. The molecule has 0 spiro atoms. The van der Waals surface area contributed by atoms with Gasteiger partial charge >= 0.3 is 5.97 Å². The summed E-state index contributed by atoms with van der Waals surface area (Å²) in [6.45, 7) is 12.6.